The van der Waals surface area contributed by atoms with Crippen molar-refractivity contribution >= 4 is 40.2 Å². The highest BCUT2D eigenvalue weighted by molar-refractivity contribution is 8.03. The molecule has 3 atom stereocenters. The van der Waals surface area contributed by atoms with Gasteiger partial charge in [0.25, 0.3) is 0 Å². The molecule has 2 aliphatic heterocycles. The van der Waals surface area contributed by atoms with E-state index < -0.39 is 11.5 Å². The van der Waals surface area contributed by atoms with Crippen molar-refractivity contribution in [2.24, 2.45) is 10.7 Å². The quantitative estimate of drug-likeness (QED) is 0.632. The number of hydrogen-bond donors (Lipinski definition) is 1. The summed E-state index contributed by atoms with van der Waals surface area (Å²) in [4.78, 5) is 19.8. The number of nitrogens with zero attached hydrogens (tertiary/aromatic N) is 4. The maximum atomic E-state index is 13.5. The van der Waals surface area contributed by atoms with Gasteiger partial charge in [-0.25, -0.2) is 4.99 Å². The summed E-state index contributed by atoms with van der Waals surface area (Å²) in [7, 11) is 1.66. The van der Waals surface area contributed by atoms with E-state index in [0.717, 1.165) is 27.8 Å². The van der Waals surface area contributed by atoms with Crippen LogP contribution in [0.5, 0.6) is 0 Å². The molecule has 7 nitrogen and oxygen atoms in total. The van der Waals surface area contributed by atoms with E-state index in [4.69, 9.17) is 15.2 Å². The van der Waals surface area contributed by atoms with Crippen LogP contribution in [0.25, 0.3) is 16.5 Å². The normalized spacial score (nSPS) is 25.2. The van der Waals surface area contributed by atoms with Gasteiger partial charge in [0.1, 0.15) is 0 Å². The lowest BCUT2D eigenvalue weighted by Gasteiger charge is -2.43. The van der Waals surface area contributed by atoms with Crippen LogP contribution in [0.1, 0.15) is 41.6 Å². The topological polar surface area (TPSA) is 109 Å². The van der Waals surface area contributed by atoms with E-state index in [-0.39, 0.29) is 17.1 Å². The molecule has 3 aromatic rings. The molecule has 0 aliphatic carbocycles. The van der Waals surface area contributed by atoms with Gasteiger partial charge in [-0.15, -0.1) is 11.8 Å². The highest BCUT2D eigenvalue weighted by Crippen LogP contribution is 2.50. The van der Waals surface area contributed by atoms with Crippen LogP contribution >= 0.6 is 11.8 Å². The monoisotopic (exact) mass is 457 g/mol. The van der Waals surface area contributed by atoms with Gasteiger partial charge >= 0.3 is 0 Å². The zero-order valence-corrected chi connectivity index (χ0v) is 19.4. The summed E-state index contributed by atoms with van der Waals surface area (Å²) in [6.07, 6.45) is 0.712. The van der Waals surface area contributed by atoms with Crippen LogP contribution in [-0.2, 0) is 4.79 Å². The molecule has 0 saturated carbocycles. The molecule has 0 bridgehead atoms. The molecule has 166 valence electrons. The molecule has 1 amide bonds. The number of likely N-dealkylation sites (N-methyl/N-ethyl adjacent to an activating group) is 1. The van der Waals surface area contributed by atoms with Crippen LogP contribution in [-0.4, -0.2) is 39.8 Å². The molecule has 33 heavy (non-hydrogen) atoms. The van der Waals surface area contributed by atoms with E-state index in [2.05, 4.69) is 16.6 Å². The Balaban J connectivity index is 1.54. The molecule has 2 aliphatic rings. The minimum absolute atomic E-state index is 0.00778. The highest BCUT2D eigenvalue weighted by Gasteiger charge is 2.51. The third kappa shape index (κ3) is 3.40. The number of guanidine groups is 1. The number of aryl methyl sites for hydroxylation is 1. The second-order valence-electron chi connectivity index (χ2n) is 8.71. The van der Waals surface area contributed by atoms with Crippen molar-refractivity contribution in [2.75, 3.05) is 7.05 Å². The number of hydrogen-bond acceptors (Lipinski definition) is 7. The van der Waals surface area contributed by atoms with Gasteiger partial charge in [-0.05, 0) is 66.6 Å². The predicted octanol–water partition coefficient (Wildman–Crippen LogP) is 4.18. The summed E-state index contributed by atoms with van der Waals surface area (Å²) in [6.45, 7) is 3.90. The molecule has 2 aromatic carbocycles. The number of carbonyl (C=O) groups excluding carboxylic acids is 1. The maximum absolute atomic E-state index is 13.5. The summed E-state index contributed by atoms with van der Waals surface area (Å²) in [5.74, 6) is -0.405. The van der Waals surface area contributed by atoms with Gasteiger partial charge in [-0.3, -0.25) is 9.69 Å². The van der Waals surface area contributed by atoms with E-state index in [1.165, 1.54) is 4.90 Å². The maximum Gasteiger partial charge on any atom is 0.239 e. The van der Waals surface area contributed by atoms with Gasteiger partial charge < -0.3 is 10.3 Å². The standard InChI is InChI=1S/C25H23N5O2S/c1-14-19-8-7-17(10-20(19)32-29-14)22-23(31)30(3)24(27)28-25(22,2)21-11-18(13-33-21)16-6-4-5-15(9-16)12-26/h4-10,13,21-22H,11H2,1-3H3,(H2,27,28)/t21?,22-,25+/m0/s1. The second kappa shape index (κ2) is 7.78. The Hall–Kier alpha value is -3.57. The van der Waals surface area contributed by atoms with E-state index in [1.807, 2.05) is 50.2 Å². The number of aliphatic imine (C=N–C) groups is 1. The van der Waals surface area contributed by atoms with Gasteiger partial charge in [0.05, 0.1) is 28.8 Å². The van der Waals surface area contributed by atoms with Gasteiger partial charge in [-0.1, -0.05) is 23.4 Å². The van der Waals surface area contributed by atoms with Crippen LogP contribution in [0, 0.1) is 18.3 Å². The van der Waals surface area contributed by atoms with Crippen molar-refractivity contribution in [2.45, 2.75) is 37.0 Å². The SMILES string of the molecule is Cc1noc2cc([C@H]3C(=O)N(C)C(N)=N[C@]3(C)C3CC(c4cccc(C#N)c4)=CS3)ccc12. The number of amides is 1. The smallest absolute Gasteiger partial charge is 0.239 e. The molecule has 8 heteroatoms. The lowest BCUT2D eigenvalue weighted by molar-refractivity contribution is -0.130. The van der Waals surface area contributed by atoms with Gasteiger partial charge in [0.2, 0.25) is 5.91 Å². The lowest BCUT2D eigenvalue weighted by atomic mass is 9.74. The van der Waals surface area contributed by atoms with Crippen molar-refractivity contribution in [1.29, 1.82) is 5.26 Å². The molecule has 0 saturated heterocycles. The van der Waals surface area contributed by atoms with Crippen LogP contribution in [0.2, 0.25) is 0 Å². The van der Waals surface area contributed by atoms with Crippen LogP contribution < -0.4 is 5.73 Å². The Kier molecular flexibility index (Phi) is 5.02. The average molecular weight is 458 g/mol. The molecule has 5 rings (SSSR count). The lowest BCUT2D eigenvalue weighted by Crippen LogP contribution is -2.57. The molecule has 3 heterocycles. The average Bonchev–Trinajstić information content (AvgIpc) is 3.45. The van der Waals surface area contributed by atoms with E-state index >= 15 is 0 Å². The van der Waals surface area contributed by atoms with Crippen LogP contribution in [0.3, 0.4) is 0 Å². The Morgan fingerprint density at radius 1 is 1.30 bits per heavy atom. The van der Waals surface area contributed by atoms with Crippen molar-refractivity contribution < 1.29 is 9.32 Å². The van der Waals surface area contributed by atoms with Crippen molar-refractivity contribution in [3.8, 4) is 6.07 Å². The van der Waals surface area contributed by atoms with Gasteiger partial charge in [0.15, 0.2) is 11.5 Å². The second-order valence-corrected chi connectivity index (χ2v) is 9.79. The molecule has 2 N–H and O–H groups in total. The Labute approximate surface area is 195 Å². The summed E-state index contributed by atoms with van der Waals surface area (Å²) >= 11 is 1.66. The van der Waals surface area contributed by atoms with Crippen LogP contribution in [0.4, 0.5) is 0 Å². The minimum atomic E-state index is -0.772. The Bertz CT molecular complexity index is 1380. The first-order valence-electron chi connectivity index (χ1n) is 10.7. The van der Waals surface area contributed by atoms with Gasteiger partial charge in [0, 0.05) is 17.7 Å². The number of aromatic nitrogens is 1. The van der Waals surface area contributed by atoms with Crippen molar-refractivity contribution in [3.63, 3.8) is 0 Å². The van der Waals surface area contributed by atoms with Gasteiger partial charge in [-0.2, -0.15) is 5.26 Å². The minimum Gasteiger partial charge on any atom is -0.369 e. The first kappa shape index (κ1) is 21.3. The number of rotatable bonds is 3. The molecule has 0 spiro atoms. The molecular weight excluding hydrogens is 434 g/mol. The highest BCUT2D eigenvalue weighted by atomic mass is 32.2. The fourth-order valence-electron chi connectivity index (χ4n) is 4.72. The molecule has 0 radical (unpaired) electrons. The largest absolute Gasteiger partial charge is 0.369 e. The molecular formula is C25H23N5O2S. The first-order valence-corrected chi connectivity index (χ1v) is 11.6. The Morgan fingerprint density at radius 3 is 2.91 bits per heavy atom. The zero-order valence-electron chi connectivity index (χ0n) is 18.6. The fraction of sp³-hybridized carbons (Fsp3) is 0.280. The number of nitriles is 1. The van der Waals surface area contributed by atoms with E-state index in [1.54, 1.807) is 24.9 Å². The fourth-order valence-corrected chi connectivity index (χ4v) is 6.02. The zero-order chi connectivity index (χ0) is 23.3. The molecule has 1 aromatic heterocycles. The summed E-state index contributed by atoms with van der Waals surface area (Å²) < 4.78 is 5.48. The number of fused-ring (bicyclic) bond motifs is 1. The summed E-state index contributed by atoms with van der Waals surface area (Å²) in [5, 5.41) is 16.3. The van der Waals surface area contributed by atoms with Crippen LogP contribution in [0.15, 0.2) is 57.4 Å². The molecule has 0 fully saturated rings. The van der Waals surface area contributed by atoms with Crippen molar-refractivity contribution in [3.05, 3.63) is 70.3 Å². The first-order chi connectivity index (χ1) is 15.8. The number of thioether (sulfide) groups is 1. The number of nitrogens with two attached hydrogens (primary N) is 1. The summed E-state index contributed by atoms with van der Waals surface area (Å²) in [6, 6.07) is 15.6. The number of benzene rings is 2. The number of carbonyl (C=O) groups is 1. The van der Waals surface area contributed by atoms with E-state index in [9.17, 15) is 10.1 Å². The predicted molar refractivity (Wildman–Crippen MR) is 129 cm³/mol. The van der Waals surface area contributed by atoms with Crippen molar-refractivity contribution in [1.82, 2.24) is 10.1 Å². The Morgan fingerprint density at radius 2 is 2.12 bits per heavy atom. The number of allylic oxidation sites excluding steroid dienone is 1. The third-order valence-corrected chi connectivity index (χ3v) is 8.06. The molecule has 1 unspecified atom stereocenters. The third-order valence-electron chi connectivity index (χ3n) is 6.66. The van der Waals surface area contributed by atoms with E-state index in [0.29, 0.717) is 17.6 Å². The summed E-state index contributed by atoms with van der Waals surface area (Å²) in [5.41, 5.74) is 10.5.